The lowest BCUT2D eigenvalue weighted by Crippen LogP contribution is -2.30. The van der Waals surface area contributed by atoms with Crippen LogP contribution in [0.25, 0.3) is 0 Å². The summed E-state index contributed by atoms with van der Waals surface area (Å²) < 4.78 is 68.4. The first kappa shape index (κ1) is 90.5. The number of aliphatic hydroxyl groups is 1. The molecule has 0 aliphatic rings. The molecule has 0 spiro atoms. The summed E-state index contributed by atoms with van der Waals surface area (Å²) in [6.07, 6.45) is 54.9. The van der Waals surface area contributed by atoms with Crippen molar-refractivity contribution in [3.05, 3.63) is 24.3 Å². The predicted octanol–water partition coefficient (Wildman–Crippen LogP) is 21.1. The van der Waals surface area contributed by atoms with Crippen molar-refractivity contribution in [3.8, 4) is 0 Å². The molecule has 0 aliphatic heterocycles. The highest BCUT2D eigenvalue weighted by Crippen LogP contribution is 2.45. The molecule has 0 saturated heterocycles. The van der Waals surface area contributed by atoms with Crippen molar-refractivity contribution in [3.63, 3.8) is 0 Å². The van der Waals surface area contributed by atoms with Crippen molar-refractivity contribution in [2.24, 2.45) is 11.8 Å². The predicted molar refractivity (Wildman–Crippen MR) is 377 cm³/mol. The fourth-order valence-electron chi connectivity index (χ4n) is 10.7. The molecule has 0 radical (unpaired) electrons. The monoisotopic (exact) mass is 1360 g/mol. The molecule has 19 heteroatoms. The first-order chi connectivity index (χ1) is 44.9. The van der Waals surface area contributed by atoms with Crippen LogP contribution in [-0.4, -0.2) is 96.7 Å². The molecule has 0 rings (SSSR count). The summed E-state index contributed by atoms with van der Waals surface area (Å²) in [5.41, 5.74) is 0. The maximum Gasteiger partial charge on any atom is 0.472 e. The third kappa shape index (κ3) is 66.6. The number of esters is 4. The highest BCUT2D eigenvalue weighted by atomic mass is 31.2. The molecule has 0 heterocycles. The number of allylic oxidation sites excluding steroid dienone is 4. The van der Waals surface area contributed by atoms with E-state index in [1.165, 1.54) is 154 Å². The number of carbonyl (C=O) groups excluding carboxylic acids is 4. The van der Waals surface area contributed by atoms with Crippen LogP contribution in [0.5, 0.6) is 0 Å². The van der Waals surface area contributed by atoms with Gasteiger partial charge in [-0.2, -0.15) is 0 Å². The molecular weight excluding hydrogens is 1220 g/mol. The largest absolute Gasteiger partial charge is 0.472 e. The number of phosphoric acid groups is 2. The van der Waals surface area contributed by atoms with Gasteiger partial charge in [-0.1, -0.05) is 303 Å². The standard InChI is InChI=1S/C74H140O17P2/c1-7-10-12-14-16-18-20-22-24-26-28-33-37-44-50-56-71(76)84-62-69(90-73(78)58-52-46-38-34-29-27-25-23-21-19-17-15-13-11-8-2)64-88-92(80,81)86-60-68(75)61-87-93(82,83)89-65-70(63-85-72(77)57-51-45-41-40-43-49-55-67(6)9-3)91-74(79)59-53-47-39-35-31-30-32-36-42-48-54-66(4)5/h19,21,23,25,66-70,75H,7-18,20,22,24,26-65H2,1-6H3,(H,80,81)(H,82,83)/b21-19-,25-23-/t67?,68-,69-,70-/m1/s1. The summed E-state index contributed by atoms with van der Waals surface area (Å²) >= 11 is 0. The third-order valence-electron chi connectivity index (χ3n) is 16.9. The van der Waals surface area contributed by atoms with Crippen molar-refractivity contribution in [1.29, 1.82) is 0 Å². The molecule has 0 aromatic rings. The van der Waals surface area contributed by atoms with Gasteiger partial charge in [-0.05, 0) is 63.2 Å². The van der Waals surface area contributed by atoms with E-state index in [1.54, 1.807) is 0 Å². The average molecular weight is 1360 g/mol. The molecule has 3 unspecified atom stereocenters. The summed E-state index contributed by atoms with van der Waals surface area (Å²) in [6, 6.07) is 0. The molecule has 0 aliphatic carbocycles. The number of rotatable bonds is 71. The van der Waals surface area contributed by atoms with Crippen molar-refractivity contribution in [1.82, 2.24) is 0 Å². The molecule has 17 nitrogen and oxygen atoms in total. The van der Waals surface area contributed by atoms with Gasteiger partial charge >= 0.3 is 39.5 Å². The Morgan fingerprint density at radius 1 is 0.355 bits per heavy atom. The van der Waals surface area contributed by atoms with E-state index < -0.39 is 97.5 Å². The summed E-state index contributed by atoms with van der Waals surface area (Å²) in [5, 5.41) is 10.6. The topological polar surface area (TPSA) is 237 Å². The number of hydrogen-bond donors (Lipinski definition) is 3. The summed E-state index contributed by atoms with van der Waals surface area (Å²) in [6.45, 7) is 9.46. The fraction of sp³-hybridized carbons (Fsp3) is 0.892. The van der Waals surface area contributed by atoms with Crippen LogP contribution in [0, 0.1) is 11.8 Å². The minimum absolute atomic E-state index is 0.0853. The zero-order valence-corrected chi connectivity index (χ0v) is 61.8. The molecule has 0 bridgehead atoms. The van der Waals surface area contributed by atoms with E-state index >= 15 is 0 Å². The van der Waals surface area contributed by atoms with Gasteiger partial charge in [0.25, 0.3) is 0 Å². The fourth-order valence-corrected chi connectivity index (χ4v) is 12.3. The van der Waals surface area contributed by atoms with Gasteiger partial charge in [-0.25, -0.2) is 9.13 Å². The summed E-state index contributed by atoms with van der Waals surface area (Å²) in [7, 11) is -9.92. The molecule has 0 amide bonds. The number of carbonyl (C=O) groups is 4. The van der Waals surface area contributed by atoms with Crippen LogP contribution in [0.15, 0.2) is 24.3 Å². The maximum atomic E-state index is 13.1. The van der Waals surface area contributed by atoms with E-state index in [-0.39, 0.29) is 25.7 Å². The van der Waals surface area contributed by atoms with E-state index in [0.29, 0.717) is 25.7 Å². The lowest BCUT2D eigenvalue weighted by Gasteiger charge is -2.21. The quantitative estimate of drug-likeness (QED) is 0.0169. The molecule has 0 aromatic heterocycles. The van der Waals surface area contributed by atoms with Crippen molar-refractivity contribution in [2.75, 3.05) is 39.6 Å². The van der Waals surface area contributed by atoms with Crippen LogP contribution in [-0.2, 0) is 65.4 Å². The van der Waals surface area contributed by atoms with Crippen molar-refractivity contribution in [2.45, 2.75) is 374 Å². The Kier molecular flexibility index (Phi) is 63.7. The Labute approximate surface area is 567 Å². The molecule has 0 aromatic carbocycles. The van der Waals surface area contributed by atoms with Gasteiger partial charge in [-0.3, -0.25) is 37.3 Å². The van der Waals surface area contributed by atoms with Crippen LogP contribution < -0.4 is 0 Å². The minimum Gasteiger partial charge on any atom is -0.462 e. The Balaban J connectivity index is 5.29. The van der Waals surface area contributed by atoms with Crippen molar-refractivity contribution < 1.29 is 80.2 Å². The third-order valence-corrected chi connectivity index (χ3v) is 18.8. The maximum absolute atomic E-state index is 13.1. The van der Waals surface area contributed by atoms with Gasteiger partial charge in [-0.15, -0.1) is 0 Å². The van der Waals surface area contributed by atoms with Crippen LogP contribution in [0.1, 0.15) is 356 Å². The van der Waals surface area contributed by atoms with E-state index in [2.05, 4.69) is 65.8 Å². The van der Waals surface area contributed by atoms with E-state index in [9.17, 15) is 43.2 Å². The number of hydrogen-bond acceptors (Lipinski definition) is 15. The lowest BCUT2D eigenvalue weighted by molar-refractivity contribution is -0.161. The number of unbranched alkanes of at least 4 members (excludes halogenated alkanes) is 37. The Morgan fingerprint density at radius 3 is 0.968 bits per heavy atom. The van der Waals surface area contributed by atoms with Crippen LogP contribution in [0.3, 0.4) is 0 Å². The van der Waals surface area contributed by atoms with E-state index in [0.717, 1.165) is 121 Å². The molecule has 0 fully saturated rings. The van der Waals surface area contributed by atoms with Gasteiger partial charge in [0.2, 0.25) is 0 Å². The molecule has 3 N–H and O–H groups in total. The van der Waals surface area contributed by atoms with E-state index in [1.807, 2.05) is 0 Å². The van der Waals surface area contributed by atoms with Crippen LogP contribution >= 0.6 is 15.6 Å². The molecule has 93 heavy (non-hydrogen) atoms. The first-order valence-corrected chi connectivity index (χ1v) is 40.8. The van der Waals surface area contributed by atoms with Crippen LogP contribution in [0.4, 0.5) is 0 Å². The number of phosphoric ester groups is 2. The second-order valence-electron chi connectivity index (χ2n) is 26.7. The smallest absolute Gasteiger partial charge is 0.462 e. The molecule has 6 atom stereocenters. The zero-order chi connectivity index (χ0) is 68.6. The Morgan fingerprint density at radius 2 is 0.634 bits per heavy atom. The Bertz CT molecular complexity index is 1900. The summed E-state index contributed by atoms with van der Waals surface area (Å²) in [5.74, 6) is -0.670. The number of ether oxygens (including phenoxy) is 4. The minimum atomic E-state index is -4.96. The summed E-state index contributed by atoms with van der Waals surface area (Å²) in [4.78, 5) is 72.7. The first-order valence-electron chi connectivity index (χ1n) is 37.8. The van der Waals surface area contributed by atoms with Gasteiger partial charge in [0.05, 0.1) is 26.4 Å². The highest BCUT2D eigenvalue weighted by molar-refractivity contribution is 7.47. The highest BCUT2D eigenvalue weighted by Gasteiger charge is 2.30. The average Bonchev–Trinajstić information content (AvgIpc) is 3.02. The van der Waals surface area contributed by atoms with Gasteiger partial charge < -0.3 is 33.8 Å². The Hall–Kier alpha value is -2.46. The van der Waals surface area contributed by atoms with Gasteiger partial charge in [0.1, 0.15) is 19.3 Å². The van der Waals surface area contributed by atoms with Gasteiger partial charge in [0, 0.05) is 25.7 Å². The molecule has 548 valence electrons. The zero-order valence-electron chi connectivity index (χ0n) is 60.0. The number of aliphatic hydroxyl groups excluding tert-OH is 1. The van der Waals surface area contributed by atoms with Crippen LogP contribution in [0.2, 0.25) is 0 Å². The second kappa shape index (κ2) is 65.5. The van der Waals surface area contributed by atoms with E-state index in [4.69, 9.17) is 37.0 Å². The molecular formula is C74H140O17P2. The molecule has 0 saturated carbocycles. The van der Waals surface area contributed by atoms with Crippen molar-refractivity contribution >= 4 is 39.5 Å². The van der Waals surface area contributed by atoms with Gasteiger partial charge in [0.15, 0.2) is 12.2 Å². The SMILES string of the molecule is CCCCCC/C=C\C=C/CCCCCCCC(=O)O[C@H](COC(=O)CCCCCCCCCCCCCCCCC)COP(=O)(O)OC[C@@H](O)COP(=O)(O)OC[C@@H](COC(=O)CCCCCCCCC(C)CC)OC(=O)CCCCCCCCCCCCC(C)C. The lowest BCUT2D eigenvalue weighted by atomic mass is 10.00. The second-order valence-corrected chi connectivity index (χ2v) is 29.6. The normalized spacial score (nSPS) is 14.5.